The number of carbonyl (C=O) groups is 2. The molecule has 23 nitrogen and oxygen atoms in total. The van der Waals surface area contributed by atoms with Gasteiger partial charge in [0.15, 0.2) is 12.6 Å². The molecule has 2 aliphatic rings. The first kappa shape index (κ1) is 51.7. The number of nitrogens with zero attached hydrogens (tertiary/aromatic N) is 5. The molecule has 1 radical (unpaired) electrons. The number of amides is 2. The van der Waals surface area contributed by atoms with Crippen molar-refractivity contribution >= 4 is 27.9 Å². The quantitative estimate of drug-likeness (QED) is 0.0119. The van der Waals surface area contributed by atoms with Crippen molar-refractivity contribution in [3.8, 4) is 0 Å². The van der Waals surface area contributed by atoms with E-state index >= 15 is 0 Å². The highest BCUT2D eigenvalue weighted by molar-refractivity contribution is 7.55. The maximum Gasteiger partial charge on any atom is 0.217 e. The Morgan fingerprint density at radius 1 is 0.867 bits per heavy atom. The summed E-state index contributed by atoms with van der Waals surface area (Å²) in [6, 6.07) is -2.07. The maximum atomic E-state index is 11.6. The fourth-order valence-electron chi connectivity index (χ4n) is 6.52. The third-order valence-electron chi connectivity index (χ3n) is 9.53. The van der Waals surface area contributed by atoms with Crippen molar-refractivity contribution in [2.75, 3.05) is 72.5 Å². The summed E-state index contributed by atoms with van der Waals surface area (Å²) < 4.78 is 35.4. The first-order valence-corrected chi connectivity index (χ1v) is 20.7. The Labute approximate surface area is 353 Å². The second-order valence-electron chi connectivity index (χ2n) is 14.5. The number of aliphatic hydroxyl groups excluding tert-OH is 6. The van der Waals surface area contributed by atoms with E-state index in [1.54, 1.807) is 10.9 Å². The summed E-state index contributed by atoms with van der Waals surface area (Å²) in [5.41, 5.74) is 7.69. The molecule has 0 bridgehead atoms. The second-order valence-corrected chi connectivity index (χ2v) is 15.0. The molecular formula is C35H66BN9O14P. The third kappa shape index (κ3) is 18.0. The van der Waals surface area contributed by atoms with Gasteiger partial charge in [0.1, 0.15) is 55.7 Å². The molecule has 60 heavy (non-hydrogen) atoms. The number of carbonyl (C=O) groups excluding carboxylic acids is 2. The molecule has 25 heteroatoms. The Morgan fingerprint density at radius 2 is 1.43 bits per heavy atom. The number of ether oxygens (including phenoxy) is 6. The van der Waals surface area contributed by atoms with E-state index in [9.17, 15) is 40.2 Å². The Morgan fingerprint density at radius 3 is 1.97 bits per heavy atom. The molecule has 2 aliphatic heterocycles. The van der Waals surface area contributed by atoms with Gasteiger partial charge in [0, 0.05) is 45.0 Å². The third-order valence-corrected chi connectivity index (χ3v) is 9.87. The molecule has 0 spiro atoms. The van der Waals surface area contributed by atoms with Gasteiger partial charge in [-0.15, -0.1) is 5.10 Å². The molecule has 3 heterocycles. The van der Waals surface area contributed by atoms with Crippen molar-refractivity contribution in [3.63, 3.8) is 0 Å². The Balaban J connectivity index is 1.41. The maximum absolute atomic E-state index is 11.6. The molecule has 343 valence electrons. The topological polar surface area (TPSA) is 324 Å². The number of aliphatic hydroxyl groups is 6. The molecule has 3 rings (SSSR count). The molecule has 2 fully saturated rings. The molecule has 1 aromatic rings. The number of nitrogens with one attached hydrogen (secondary N) is 2. The standard InChI is InChI=1S/C35H66BN9O14P/c1-22(48)39-28-32(52)30(50)26(20-46)58-34(28)56-14-12-54-10-8-44(38)17-24(37)16-43(7-5-3-4-6-36-60)18-25-19-45(42-41-25)9-11-55-13-15-57-35-29(40-23(2)49)33(53)31(51)27(21-47)59-35/h17,19,26-35,46-47,50-53H,3-16,18,20-21,37-38,60H2,1-2H3,(H,39,48)(H,40,49)/b24-17-. The monoisotopic (exact) mass is 878 g/mol. The van der Waals surface area contributed by atoms with Gasteiger partial charge in [0.05, 0.1) is 71.6 Å². The van der Waals surface area contributed by atoms with Gasteiger partial charge in [0.25, 0.3) is 0 Å². The van der Waals surface area contributed by atoms with Crippen LogP contribution in [0.3, 0.4) is 0 Å². The Bertz CT molecular complexity index is 1410. The van der Waals surface area contributed by atoms with Gasteiger partial charge in [-0.05, 0) is 13.0 Å². The van der Waals surface area contributed by atoms with Crippen LogP contribution in [0.1, 0.15) is 38.8 Å². The van der Waals surface area contributed by atoms with E-state index in [1.807, 2.05) is 6.20 Å². The van der Waals surface area contributed by atoms with Gasteiger partial charge in [-0.1, -0.05) is 24.4 Å². The van der Waals surface area contributed by atoms with Crippen LogP contribution in [0.5, 0.6) is 0 Å². The minimum Gasteiger partial charge on any atom is -0.400 e. The van der Waals surface area contributed by atoms with Crippen molar-refractivity contribution in [1.82, 2.24) is 35.5 Å². The first-order chi connectivity index (χ1) is 28.8. The zero-order chi connectivity index (χ0) is 44.0. The molecule has 0 aliphatic carbocycles. The lowest BCUT2D eigenvalue weighted by Gasteiger charge is -2.42. The van der Waals surface area contributed by atoms with Crippen LogP contribution in [-0.4, -0.2) is 208 Å². The van der Waals surface area contributed by atoms with Crippen LogP contribution in [0.15, 0.2) is 18.1 Å². The van der Waals surface area contributed by atoms with Crippen LogP contribution in [0.25, 0.3) is 0 Å². The number of rotatable bonds is 29. The normalized spacial score (nSPS) is 27.2. The predicted octanol–water partition coefficient (Wildman–Crippen LogP) is -4.91. The highest BCUT2D eigenvalue weighted by Crippen LogP contribution is 2.23. The summed E-state index contributed by atoms with van der Waals surface area (Å²) in [6.45, 7) is 6.80. The van der Waals surface area contributed by atoms with E-state index in [0.717, 1.165) is 37.8 Å². The SMILES string of the molecule is CC(=O)NC1C(OCCOCCN(N)/C=C(\N)CN(CCCCC[B]P)Cc2cn(CCOCCOC3OC(CO)C(O)C(O)C3NC(C)=O)nn2)OC(CO)C(O)C1O. The molecule has 1 aromatic heterocycles. The minimum absolute atomic E-state index is 0.0339. The second kappa shape index (κ2) is 28.1. The van der Waals surface area contributed by atoms with Gasteiger partial charge < -0.3 is 80.4 Å². The number of aromatic nitrogens is 3. The molecule has 0 saturated carbocycles. The average Bonchev–Trinajstić information content (AvgIpc) is 3.65. The molecular weight excluding hydrogens is 812 g/mol. The Hall–Kier alpha value is -2.65. The van der Waals surface area contributed by atoms with Crippen molar-refractivity contribution in [2.24, 2.45) is 11.6 Å². The predicted molar refractivity (Wildman–Crippen MR) is 217 cm³/mol. The van der Waals surface area contributed by atoms with Crippen LogP contribution in [0.4, 0.5) is 0 Å². The van der Waals surface area contributed by atoms with Crippen LogP contribution < -0.4 is 22.2 Å². The first-order valence-electron chi connectivity index (χ1n) is 20.1. The highest BCUT2D eigenvalue weighted by atomic mass is 31.0. The van der Waals surface area contributed by atoms with Gasteiger partial charge in [0.2, 0.25) is 11.8 Å². The fraction of sp³-hybridized carbons (Fsp3) is 0.829. The Kier molecular flexibility index (Phi) is 24.2. The summed E-state index contributed by atoms with van der Waals surface area (Å²) in [5, 5.41) is 75.1. The van der Waals surface area contributed by atoms with Gasteiger partial charge in [-0.25, -0.2) is 10.5 Å². The van der Waals surface area contributed by atoms with E-state index in [0.29, 0.717) is 31.9 Å². The number of hydrazine groups is 1. The minimum atomic E-state index is -1.40. The van der Waals surface area contributed by atoms with Crippen molar-refractivity contribution in [3.05, 3.63) is 23.8 Å². The smallest absolute Gasteiger partial charge is 0.217 e. The van der Waals surface area contributed by atoms with Crippen molar-refractivity contribution in [2.45, 2.75) is 114 Å². The van der Waals surface area contributed by atoms with Crippen LogP contribution >= 0.6 is 9.12 Å². The lowest BCUT2D eigenvalue weighted by Crippen LogP contribution is -2.64. The van der Waals surface area contributed by atoms with Gasteiger partial charge in [-0.3, -0.25) is 14.5 Å². The molecule has 11 unspecified atom stereocenters. The van der Waals surface area contributed by atoms with Crippen LogP contribution in [-0.2, 0) is 51.1 Å². The summed E-state index contributed by atoms with van der Waals surface area (Å²) >= 11 is 0. The van der Waals surface area contributed by atoms with Crippen molar-refractivity contribution in [1.29, 1.82) is 0 Å². The van der Waals surface area contributed by atoms with Crippen LogP contribution in [0, 0.1) is 0 Å². The molecule has 2 amide bonds. The number of nitrogens with two attached hydrogens (primary N) is 2. The number of hydrogen-bond acceptors (Lipinski definition) is 20. The highest BCUT2D eigenvalue weighted by Gasteiger charge is 2.46. The van der Waals surface area contributed by atoms with Crippen molar-refractivity contribution < 1.29 is 68.6 Å². The van der Waals surface area contributed by atoms with E-state index in [1.165, 1.54) is 18.9 Å². The van der Waals surface area contributed by atoms with Crippen LogP contribution in [0.2, 0.25) is 6.32 Å². The lowest BCUT2D eigenvalue weighted by molar-refractivity contribution is -0.272. The fourth-order valence-corrected chi connectivity index (χ4v) is 6.75. The lowest BCUT2D eigenvalue weighted by atomic mass is 9.97. The summed E-state index contributed by atoms with van der Waals surface area (Å²) in [6.07, 6.45) is -2.43. The van der Waals surface area contributed by atoms with E-state index < -0.39 is 86.3 Å². The number of unbranched alkanes of at least 4 members (excludes halogenated alkanes) is 2. The summed E-state index contributed by atoms with van der Waals surface area (Å²) in [5.74, 6) is 5.30. The molecule has 0 aromatic carbocycles. The average molecular weight is 879 g/mol. The van der Waals surface area contributed by atoms with Gasteiger partial charge >= 0.3 is 0 Å². The van der Waals surface area contributed by atoms with Gasteiger partial charge in [-0.2, -0.15) is 9.12 Å². The zero-order valence-electron chi connectivity index (χ0n) is 34.4. The molecule has 12 N–H and O–H groups in total. The molecule has 11 atom stereocenters. The van der Waals surface area contributed by atoms with E-state index in [4.69, 9.17) is 40.0 Å². The number of hydrogen-bond donors (Lipinski definition) is 10. The largest absolute Gasteiger partial charge is 0.400 e. The zero-order valence-corrected chi connectivity index (χ0v) is 35.6. The molecule has 2 saturated heterocycles. The van der Waals surface area contributed by atoms with E-state index in [2.05, 4.69) is 42.0 Å². The summed E-state index contributed by atoms with van der Waals surface area (Å²) in [4.78, 5) is 25.4. The summed E-state index contributed by atoms with van der Waals surface area (Å²) in [7, 11) is 2.63. The van der Waals surface area contributed by atoms with E-state index in [-0.39, 0.29) is 39.6 Å².